The molecular formula is C16H10ClFOS. The summed E-state index contributed by atoms with van der Waals surface area (Å²) >= 11 is 7.55. The molecule has 0 amide bonds. The fourth-order valence-electron chi connectivity index (χ4n) is 2.07. The molecule has 0 radical (unpaired) electrons. The molecule has 0 saturated carbocycles. The van der Waals surface area contributed by atoms with Crippen LogP contribution in [0.2, 0.25) is 5.02 Å². The van der Waals surface area contributed by atoms with Gasteiger partial charge in [0.2, 0.25) is 0 Å². The molecule has 0 saturated heterocycles. The Morgan fingerprint density at radius 3 is 2.65 bits per heavy atom. The Balaban J connectivity index is 1.97. The van der Waals surface area contributed by atoms with Crippen molar-refractivity contribution < 1.29 is 9.18 Å². The number of ketones is 1. The predicted molar refractivity (Wildman–Crippen MR) is 80.9 cm³/mol. The van der Waals surface area contributed by atoms with Crippen LogP contribution in [0, 0.1) is 5.82 Å². The van der Waals surface area contributed by atoms with Crippen LogP contribution in [0.3, 0.4) is 0 Å². The van der Waals surface area contributed by atoms with E-state index in [1.54, 1.807) is 42.1 Å². The second-order valence-corrected chi connectivity index (χ2v) is 5.93. The van der Waals surface area contributed by atoms with Gasteiger partial charge in [-0.25, -0.2) is 4.39 Å². The van der Waals surface area contributed by atoms with E-state index in [-0.39, 0.29) is 11.6 Å². The van der Waals surface area contributed by atoms with Crippen LogP contribution in [0.15, 0.2) is 52.9 Å². The summed E-state index contributed by atoms with van der Waals surface area (Å²) in [6.45, 7) is 0. The summed E-state index contributed by atoms with van der Waals surface area (Å²) in [6, 6.07) is 11.4. The van der Waals surface area contributed by atoms with E-state index >= 15 is 0 Å². The Hall–Kier alpha value is -1.58. The lowest BCUT2D eigenvalue weighted by Gasteiger charge is -2.17. The van der Waals surface area contributed by atoms with Gasteiger partial charge in [-0.1, -0.05) is 23.7 Å². The molecule has 1 aliphatic rings. The third kappa shape index (κ3) is 2.65. The van der Waals surface area contributed by atoms with Gasteiger partial charge < -0.3 is 0 Å². The molecule has 20 heavy (non-hydrogen) atoms. The second kappa shape index (κ2) is 5.43. The molecule has 0 aliphatic carbocycles. The second-order valence-electron chi connectivity index (χ2n) is 4.48. The normalized spacial score (nSPS) is 16.3. The van der Waals surface area contributed by atoms with Crippen LogP contribution in [0.4, 0.5) is 4.39 Å². The fourth-order valence-corrected chi connectivity index (χ4v) is 3.24. The van der Waals surface area contributed by atoms with Crippen molar-refractivity contribution in [1.29, 1.82) is 0 Å². The van der Waals surface area contributed by atoms with Crippen LogP contribution in [-0.2, 0) is 0 Å². The van der Waals surface area contributed by atoms with Crippen molar-refractivity contribution in [3.05, 3.63) is 70.0 Å². The maximum Gasteiger partial charge on any atom is 0.191 e. The van der Waals surface area contributed by atoms with Gasteiger partial charge in [0.1, 0.15) is 5.82 Å². The molecule has 100 valence electrons. The van der Waals surface area contributed by atoms with E-state index in [1.807, 2.05) is 6.07 Å². The Bertz CT molecular complexity index is 707. The zero-order valence-corrected chi connectivity index (χ0v) is 12.0. The van der Waals surface area contributed by atoms with Gasteiger partial charge in [0, 0.05) is 26.8 Å². The highest BCUT2D eigenvalue weighted by molar-refractivity contribution is 7.99. The van der Waals surface area contributed by atoms with Crippen LogP contribution in [0.5, 0.6) is 0 Å². The highest BCUT2D eigenvalue weighted by atomic mass is 35.5. The van der Waals surface area contributed by atoms with Crippen molar-refractivity contribution in [2.24, 2.45) is 0 Å². The number of fused-ring (bicyclic) bond motifs is 1. The van der Waals surface area contributed by atoms with Crippen molar-refractivity contribution in [3.8, 4) is 0 Å². The van der Waals surface area contributed by atoms with Crippen LogP contribution < -0.4 is 0 Å². The Kier molecular flexibility index (Phi) is 3.64. The molecule has 1 nitrogen and oxygen atoms in total. The summed E-state index contributed by atoms with van der Waals surface area (Å²) in [4.78, 5) is 13.4. The molecule has 3 rings (SSSR count). The van der Waals surface area contributed by atoms with Crippen molar-refractivity contribution in [2.45, 2.75) is 4.90 Å². The van der Waals surface area contributed by atoms with Crippen molar-refractivity contribution in [2.75, 3.05) is 5.75 Å². The Morgan fingerprint density at radius 1 is 1.15 bits per heavy atom. The van der Waals surface area contributed by atoms with Gasteiger partial charge >= 0.3 is 0 Å². The lowest BCUT2D eigenvalue weighted by molar-refractivity contribution is 0.103. The van der Waals surface area contributed by atoms with Crippen LogP contribution in [0.1, 0.15) is 15.9 Å². The first-order valence-corrected chi connectivity index (χ1v) is 7.43. The quantitative estimate of drug-likeness (QED) is 0.700. The molecule has 0 aromatic heterocycles. The number of thioether (sulfide) groups is 1. The summed E-state index contributed by atoms with van der Waals surface area (Å²) in [6.07, 6.45) is 1.80. The van der Waals surface area contributed by atoms with Crippen LogP contribution in [0.25, 0.3) is 6.08 Å². The minimum absolute atomic E-state index is 0.00873. The van der Waals surface area contributed by atoms with Gasteiger partial charge in [0.05, 0.1) is 0 Å². The van der Waals surface area contributed by atoms with Crippen molar-refractivity contribution in [3.63, 3.8) is 0 Å². The molecule has 0 atom stereocenters. The smallest absolute Gasteiger partial charge is 0.191 e. The third-order valence-electron chi connectivity index (χ3n) is 3.07. The van der Waals surface area contributed by atoms with E-state index < -0.39 is 0 Å². The first-order chi connectivity index (χ1) is 9.63. The molecule has 1 aliphatic heterocycles. The molecule has 1 heterocycles. The van der Waals surface area contributed by atoms with Gasteiger partial charge in [-0.15, -0.1) is 11.8 Å². The topological polar surface area (TPSA) is 17.1 Å². The Labute approximate surface area is 125 Å². The minimum atomic E-state index is -0.284. The van der Waals surface area contributed by atoms with E-state index in [1.165, 1.54) is 12.1 Å². The fraction of sp³-hybridized carbons (Fsp3) is 0.0625. The molecule has 0 spiro atoms. The number of rotatable bonds is 1. The maximum absolute atomic E-state index is 12.9. The lowest BCUT2D eigenvalue weighted by Crippen LogP contribution is -2.12. The zero-order valence-electron chi connectivity index (χ0n) is 10.4. The highest BCUT2D eigenvalue weighted by Gasteiger charge is 2.22. The molecule has 0 fully saturated rings. The number of Topliss-reactive ketones (excluding diaryl/α,β-unsaturated/α-hetero) is 1. The van der Waals surface area contributed by atoms with Crippen molar-refractivity contribution in [1.82, 2.24) is 0 Å². The number of hydrogen-bond acceptors (Lipinski definition) is 2. The molecule has 0 bridgehead atoms. The first-order valence-electron chi connectivity index (χ1n) is 6.07. The van der Waals surface area contributed by atoms with Gasteiger partial charge in [0.15, 0.2) is 5.78 Å². The third-order valence-corrected chi connectivity index (χ3v) is 4.43. The lowest BCUT2D eigenvalue weighted by atomic mass is 10.0. The largest absolute Gasteiger partial charge is 0.289 e. The molecule has 4 heteroatoms. The molecule has 0 N–H and O–H groups in total. The van der Waals surface area contributed by atoms with E-state index in [0.717, 1.165) is 10.5 Å². The van der Waals surface area contributed by atoms with E-state index in [4.69, 9.17) is 11.6 Å². The van der Waals surface area contributed by atoms with Crippen LogP contribution >= 0.6 is 23.4 Å². The summed E-state index contributed by atoms with van der Waals surface area (Å²) in [5, 5.41) is 0.556. The predicted octanol–water partition coefficient (Wildman–Crippen LogP) is 4.85. The summed E-state index contributed by atoms with van der Waals surface area (Å²) in [5.74, 6) is 0.324. The average Bonchev–Trinajstić information content (AvgIpc) is 2.45. The maximum atomic E-state index is 12.9. The monoisotopic (exact) mass is 304 g/mol. The zero-order chi connectivity index (χ0) is 14.1. The van der Waals surface area contributed by atoms with E-state index in [9.17, 15) is 9.18 Å². The first kappa shape index (κ1) is 13.4. The standard InChI is InChI=1S/C16H10ClFOS/c17-12-3-6-15-14(8-12)16(19)11(9-20-15)7-10-1-4-13(18)5-2-10/h1-8H,9H2/b11-7+. The van der Waals surface area contributed by atoms with Crippen LogP contribution in [-0.4, -0.2) is 11.5 Å². The van der Waals surface area contributed by atoms with Gasteiger partial charge in [0.25, 0.3) is 0 Å². The summed E-state index contributed by atoms with van der Waals surface area (Å²) in [7, 11) is 0. The highest BCUT2D eigenvalue weighted by Crippen LogP contribution is 2.34. The SMILES string of the molecule is O=C1/C(=C/c2ccc(F)cc2)CSc2ccc(Cl)cc21. The molecular weight excluding hydrogens is 295 g/mol. The Morgan fingerprint density at radius 2 is 1.90 bits per heavy atom. The van der Waals surface area contributed by atoms with Crippen molar-refractivity contribution >= 4 is 35.2 Å². The number of hydrogen-bond donors (Lipinski definition) is 0. The summed E-state index contributed by atoms with van der Waals surface area (Å²) < 4.78 is 12.9. The minimum Gasteiger partial charge on any atom is -0.289 e. The number of halogens is 2. The number of carbonyl (C=O) groups excluding carboxylic acids is 1. The van der Waals surface area contributed by atoms with Gasteiger partial charge in [-0.05, 0) is 42.0 Å². The molecule has 2 aromatic rings. The molecule has 2 aromatic carbocycles. The molecule has 0 unspecified atom stereocenters. The average molecular weight is 305 g/mol. The number of carbonyl (C=O) groups is 1. The summed E-state index contributed by atoms with van der Waals surface area (Å²) in [5.41, 5.74) is 2.17. The van der Waals surface area contributed by atoms with Gasteiger partial charge in [-0.2, -0.15) is 0 Å². The number of benzene rings is 2. The van der Waals surface area contributed by atoms with E-state index in [0.29, 0.717) is 21.9 Å². The van der Waals surface area contributed by atoms with E-state index in [2.05, 4.69) is 0 Å². The van der Waals surface area contributed by atoms with Gasteiger partial charge in [-0.3, -0.25) is 4.79 Å².